The van der Waals surface area contributed by atoms with Crippen LogP contribution in [-0.4, -0.2) is 34.2 Å². The second kappa shape index (κ2) is 6.91. The number of rotatable bonds is 3. The van der Waals surface area contributed by atoms with Gasteiger partial charge in [0.05, 0.1) is 19.3 Å². The van der Waals surface area contributed by atoms with Crippen LogP contribution in [0.4, 0.5) is 0 Å². The molecule has 4 rings (SSSR count). The molecule has 0 aliphatic carbocycles. The van der Waals surface area contributed by atoms with Crippen molar-refractivity contribution in [2.45, 2.75) is 19.4 Å². The number of aryl methyl sites for hydroxylation is 1. The molecule has 0 radical (unpaired) electrons. The fourth-order valence-electron chi connectivity index (χ4n) is 3.76. The molecule has 1 aliphatic heterocycles. The van der Waals surface area contributed by atoms with Gasteiger partial charge in [-0.2, -0.15) is 5.10 Å². The first-order chi connectivity index (χ1) is 13.1. The highest BCUT2D eigenvalue weighted by atomic mass is 16.5. The number of fused-ring (bicyclic) bond motifs is 1. The summed E-state index contributed by atoms with van der Waals surface area (Å²) >= 11 is 0. The molecule has 1 atom stereocenters. The summed E-state index contributed by atoms with van der Waals surface area (Å²) in [7, 11) is 3.56. The third-order valence-electron chi connectivity index (χ3n) is 5.30. The highest BCUT2D eigenvalue weighted by molar-refractivity contribution is 5.96. The van der Waals surface area contributed by atoms with Crippen molar-refractivity contribution >= 4 is 5.91 Å². The molecule has 0 N–H and O–H groups in total. The van der Waals surface area contributed by atoms with Gasteiger partial charge in [0.2, 0.25) is 0 Å². The molecule has 0 bridgehead atoms. The van der Waals surface area contributed by atoms with Gasteiger partial charge in [-0.3, -0.25) is 9.48 Å². The molecule has 1 aliphatic rings. The molecule has 138 valence electrons. The lowest BCUT2D eigenvalue weighted by Gasteiger charge is -2.35. The lowest BCUT2D eigenvalue weighted by Crippen LogP contribution is -2.38. The molecule has 27 heavy (non-hydrogen) atoms. The van der Waals surface area contributed by atoms with Gasteiger partial charge in [0.25, 0.3) is 5.91 Å². The van der Waals surface area contributed by atoms with Crippen LogP contribution in [0.2, 0.25) is 0 Å². The summed E-state index contributed by atoms with van der Waals surface area (Å²) in [4.78, 5) is 15.2. The number of ether oxygens (including phenoxy) is 1. The molecule has 2 heterocycles. The van der Waals surface area contributed by atoms with E-state index in [-0.39, 0.29) is 11.9 Å². The van der Waals surface area contributed by atoms with Gasteiger partial charge in [-0.25, -0.2) is 0 Å². The molecule has 1 amide bonds. The van der Waals surface area contributed by atoms with Crippen molar-refractivity contribution in [1.82, 2.24) is 14.7 Å². The molecular formula is C22H23N3O2. The summed E-state index contributed by atoms with van der Waals surface area (Å²) < 4.78 is 7.13. The van der Waals surface area contributed by atoms with Gasteiger partial charge >= 0.3 is 0 Å². The first kappa shape index (κ1) is 17.3. The van der Waals surface area contributed by atoms with Crippen molar-refractivity contribution in [3.05, 3.63) is 71.5 Å². The molecule has 0 spiro atoms. The van der Waals surface area contributed by atoms with Crippen LogP contribution in [0.1, 0.15) is 34.5 Å². The molecule has 0 fully saturated rings. The molecule has 5 heteroatoms. The standard InChI is InChI=1S/C22H23N3O2/c1-15-21-12-20(27-3)8-7-16(21)9-10-25(15)22(26)18-6-4-5-17(11-18)19-13-23-24(2)14-19/h4-8,11-15H,9-10H2,1-3H3. The number of hydrogen-bond donors (Lipinski definition) is 0. The monoisotopic (exact) mass is 361 g/mol. The highest BCUT2D eigenvalue weighted by Crippen LogP contribution is 2.33. The lowest BCUT2D eigenvalue weighted by molar-refractivity contribution is 0.0677. The van der Waals surface area contributed by atoms with Crippen LogP contribution in [0.15, 0.2) is 54.9 Å². The molecule has 1 unspecified atom stereocenters. The Kier molecular flexibility index (Phi) is 4.44. The summed E-state index contributed by atoms with van der Waals surface area (Å²) in [6, 6.07) is 13.9. The van der Waals surface area contributed by atoms with Crippen molar-refractivity contribution < 1.29 is 9.53 Å². The van der Waals surface area contributed by atoms with E-state index in [1.807, 2.05) is 60.7 Å². The van der Waals surface area contributed by atoms with Crippen LogP contribution in [0.25, 0.3) is 11.1 Å². The van der Waals surface area contributed by atoms with Gasteiger partial charge in [-0.15, -0.1) is 0 Å². The van der Waals surface area contributed by atoms with Crippen LogP contribution < -0.4 is 4.74 Å². The summed E-state index contributed by atoms with van der Waals surface area (Å²) in [5.74, 6) is 0.884. The molecule has 0 saturated carbocycles. The van der Waals surface area contributed by atoms with Gasteiger partial charge in [0, 0.05) is 30.9 Å². The van der Waals surface area contributed by atoms with Crippen LogP contribution in [0.3, 0.4) is 0 Å². The number of hydrogen-bond acceptors (Lipinski definition) is 3. The van der Waals surface area contributed by atoms with E-state index in [9.17, 15) is 4.79 Å². The van der Waals surface area contributed by atoms with Gasteiger partial charge < -0.3 is 9.64 Å². The molecule has 3 aromatic rings. The maximum Gasteiger partial charge on any atom is 0.254 e. The zero-order valence-electron chi connectivity index (χ0n) is 15.8. The smallest absolute Gasteiger partial charge is 0.254 e. The maximum atomic E-state index is 13.2. The first-order valence-corrected chi connectivity index (χ1v) is 9.13. The Morgan fingerprint density at radius 2 is 2.04 bits per heavy atom. The van der Waals surface area contributed by atoms with Gasteiger partial charge in [0.1, 0.15) is 5.75 Å². The van der Waals surface area contributed by atoms with Gasteiger partial charge in [-0.05, 0) is 54.3 Å². The molecule has 2 aromatic carbocycles. The fraction of sp³-hybridized carbons (Fsp3) is 0.273. The zero-order chi connectivity index (χ0) is 19.0. The maximum absolute atomic E-state index is 13.2. The number of nitrogens with zero attached hydrogens (tertiary/aromatic N) is 3. The summed E-state index contributed by atoms with van der Waals surface area (Å²) in [6.07, 6.45) is 4.63. The average Bonchev–Trinajstić information content (AvgIpc) is 3.14. The quantitative estimate of drug-likeness (QED) is 0.712. The molecule has 5 nitrogen and oxygen atoms in total. The third-order valence-corrected chi connectivity index (χ3v) is 5.30. The van der Waals surface area contributed by atoms with E-state index in [4.69, 9.17) is 4.74 Å². The van der Waals surface area contributed by atoms with Crippen LogP contribution in [0, 0.1) is 0 Å². The summed E-state index contributed by atoms with van der Waals surface area (Å²) in [5.41, 5.74) is 5.16. The number of benzene rings is 2. The van der Waals surface area contributed by atoms with Crippen molar-refractivity contribution in [3.63, 3.8) is 0 Å². The average molecular weight is 361 g/mol. The van der Waals surface area contributed by atoms with Crippen LogP contribution in [-0.2, 0) is 13.5 Å². The second-order valence-electron chi connectivity index (χ2n) is 6.97. The minimum absolute atomic E-state index is 0.0124. The Hall–Kier alpha value is -3.08. The Balaban J connectivity index is 1.63. The number of aromatic nitrogens is 2. The minimum atomic E-state index is 0.0124. The van der Waals surface area contributed by atoms with E-state index in [1.54, 1.807) is 11.8 Å². The predicted octanol–water partition coefficient (Wildman–Crippen LogP) is 3.86. The minimum Gasteiger partial charge on any atom is -0.497 e. The van der Waals surface area contributed by atoms with Gasteiger partial charge in [-0.1, -0.05) is 18.2 Å². The number of carbonyl (C=O) groups excluding carboxylic acids is 1. The molecule has 0 saturated heterocycles. The van der Waals surface area contributed by atoms with E-state index in [2.05, 4.69) is 18.1 Å². The van der Waals surface area contributed by atoms with E-state index in [0.717, 1.165) is 35.4 Å². The normalized spacial score (nSPS) is 16.1. The second-order valence-corrected chi connectivity index (χ2v) is 6.97. The Bertz CT molecular complexity index is 993. The van der Waals surface area contributed by atoms with Crippen molar-refractivity contribution in [1.29, 1.82) is 0 Å². The third kappa shape index (κ3) is 3.21. The largest absolute Gasteiger partial charge is 0.497 e. The van der Waals surface area contributed by atoms with Crippen LogP contribution in [0.5, 0.6) is 5.75 Å². The van der Waals surface area contributed by atoms with E-state index in [0.29, 0.717) is 5.56 Å². The highest BCUT2D eigenvalue weighted by Gasteiger charge is 2.28. The topological polar surface area (TPSA) is 47.4 Å². The summed E-state index contributed by atoms with van der Waals surface area (Å²) in [6.45, 7) is 2.80. The van der Waals surface area contributed by atoms with Gasteiger partial charge in [0.15, 0.2) is 0 Å². The number of carbonyl (C=O) groups is 1. The van der Waals surface area contributed by atoms with Crippen LogP contribution >= 0.6 is 0 Å². The Morgan fingerprint density at radius 1 is 1.19 bits per heavy atom. The fourth-order valence-corrected chi connectivity index (χ4v) is 3.76. The number of methoxy groups -OCH3 is 1. The lowest BCUT2D eigenvalue weighted by atomic mass is 9.92. The van der Waals surface area contributed by atoms with E-state index >= 15 is 0 Å². The van der Waals surface area contributed by atoms with E-state index < -0.39 is 0 Å². The first-order valence-electron chi connectivity index (χ1n) is 9.13. The summed E-state index contributed by atoms with van der Waals surface area (Å²) in [5, 5.41) is 4.22. The van der Waals surface area contributed by atoms with Crippen molar-refractivity contribution in [3.8, 4) is 16.9 Å². The Labute approximate surface area is 159 Å². The van der Waals surface area contributed by atoms with E-state index in [1.165, 1.54) is 5.56 Å². The molecular weight excluding hydrogens is 338 g/mol. The SMILES string of the molecule is COc1ccc2c(c1)C(C)N(C(=O)c1cccc(-c3cnn(C)c3)c1)CC2. The zero-order valence-corrected chi connectivity index (χ0v) is 15.8. The Morgan fingerprint density at radius 3 is 2.78 bits per heavy atom. The predicted molar refractivity (Wildman–Crippen MR) is 105 cm³/mol. The molecule has 1 aromatic heterocycles. The van der Waals surface area contributed by atoms with Crippen molar-refractivity contribution in [2.24, 2.45) is 7.05 Å². The van der Waals surface area contributed by atoms with Crippen molar-refractivity contribution in [2.75, 3.05) is 13.7 Å². The number of amides is 1.